The molecule has 1 saturated heterocycles. The van der Waals surface area contributed by atoms with Crippen LogP contribution >= 0.6 is 0 Å². The number of nitrogens with zero attached hydrogens (tertiary/aromatic N) is 1. The van der Waals surface area contributed by atoms with E-state index in [0.717, 1.165) is 12.5 Å². The first-order valence-electron chi connectivity index (χ1n) is 7.13. The van der Waals surface area contributed by atoms with Crippen LogP contribution in [0.15, 0.2) is 0 Å². The summed E-state index contributed by atoms with van der Waals surface area (Å²) in [5.74, 6) is 0.772. The number of hydrogen-bond acceptors (Lipinski definition) is 4. The van der Waals surface area contributed by atoms with E-state index in [2.05, 4.69) is 24.1 Å². The van der Waals surface area contributed by atoms with Gasteiger partial charge < -0.3 is 19.7 Å². The van der Waals surface area contributed by atoms with E-state index in [-0.39, 0.29) is 6.10 Å². The zero-order chi connectivity index (χ0) is 13.4. The van der Waals surface area contributed by atoms with Crippen molar-refractivity contribution < 1.29 is 9.47 Å². The predicted octanol–water partition coefficient (Wildman–Crippen LogP) is 1.36. The van der Waals surface area contributed by atoms with Crippen LogP contribution in [-0.4, -0.2) is 64.1 Å². The van der Waals surface area contributed by atoms with Gasteiger partial charge in [-0.2, -0.15) is 0 Å². The molecule has 4 nitrogen and oxygen atoms in total. The third-order valence-corrected chi connectivity index (χ3v) is 3.53. The molecule has 1 heterocycles. The fraction of sp³-hybridized carbons (Fsp3) is 1.00. The third-order valence-electron chi connectivity index (χ3n) is 3.53. The molecular weight excluding hydrogens is 228 g/mol. The number of ether oxygens (including phenoxy) is 2. The predicted molar refractivity (Wildman–Crippen MR) is 75.0 cm³/mol. The number of hydrogen-bond donors (Lipinski definition) is 1. The van der Waals surface area contributed by atoms with Gasteiger partial charge in [0.1, 0.15) is 0 Å². The van der Waals surface area contributed by atoms with Gasteiger partial charge in [-0.15, -0.1) is 0 Å². The number of likely N-dealkylation sites (tertiary alicyclic amines) is 1. The van der Waals surface area contributed by atoms with Gasteiger partial charge in [0, 0.05) is 33.4 Å². The van der Waals surface area contributed by atoms with Crippen molar-refractivity contribution >= 4 is 0 Å². The van der Waals surface area contributed by atoms with Crippen LogP contribution in [0.4, 0.5) is 0 Å². The highest BCUT2D eigenvalue weighted by atomic mass is 16.5. The summed E-state index contributed by atoms with van der Waals surface area (Å²) in [5.41, 5.74) is 0. The van der Waals surface area contributed by atoms with Crippen LogP contribution < -0.4 is 5.32 Å². The topological polar surface area (TPSA) is 33.7 Å². The first kappa shape index (κ1) is 15.9. The fourth-order valence-electron chi connectivity index (χ4n) is 2.53. The molecule has 4 heteroatoms. The average Bonchev–Trinajstić information content (AvgIpc) is 2.35. The van der Waals surface area contributed by atoms with Gasteiger partial charge in [0.25, 0.3) is 0 Å². The summed E-state index contributed by atoms with van der Waals surface area (Å²) >= 11 is 0. The van der Waals surface area contributed by atoms with Crippen molar-refractivity contribution in [3.05, 3.63) is 0 Å². The molecule has 0 aromatic carbocycles. The lowest BCUT2D eigenvalue weighted by Gasteiger charge is -2.34. The van der Waals surface area contributed by atoms with Crippen LogP contribution in [0.5, 0.6) is 0 Å². The first-order chi connectivity index (χ1) is 8.65. The lowest BCUT2D eigenvalue weighted by Crippen LogP contribution is -2.46. The normalized spacial score (nSPS) is 20.5. The van der Waals surface area contributed by atoms with Crippen LogP contribution in [-0.2, 0) is 9.47 Å². The molecule has 1 fully saturated rings. The highest BCUT2D eigenvalue weighted by Gasteiger charge is 2.20. The average molecular weight is 258 g/mol. The van der Waals surface area contributed by atoms with Gasteiger partial charge in [0.15, 0.2) is 0 Å². The number of methoxy groups -OCH3 is 2. The van der Waals surface area contributed by atoms with E-state index in [4.69, 9.17) is 9.47 Å². The van der Waals surface area contributed by atoms with Gasteiger partial charge in [-0.25, -0.2) is 0 Å². The monoisotopic (exact) mass is 258 g/mol. The summed E-state index contributed by atoms with van der Waals surface area (Å²) < 4.78 is 10.5. The smallest absolute Gasteiger partial charge is 0.0928 e. The minimum atomic E-state index is 0.170. The van der Waals surface area contributed by atoms with Gasteiger partial charge in [0.05, 0.1) is 12.7 Å². The van der Waals surface area contributed by atoms with E-state index < -0.39 is 0 Å². The Bertz CT molecular complexity index is 204. The van der Waals surface area contributed by atoms with Crippen LogP contribution in [0.2, 0.25) is 0 Å². The van der Waals surface area contributed by atoms with Crippen LogP contribution in [0, 0.1) is 5.92 Å². The molecule has 1 N–H and O–H groups in total. The van der Waals surface area contributed by atoms with E-state index in [1.165, 1.54) is 32.5 Å². The second-order valence-corrected chi connectivity index (χ2v) is 5.69. The summed E-state index contributed by atoms with van der Waals surface area (Å²) in [7, 11) is 3.47. The third kappa shape index (κ3) is 6.14. The molecule has 108 valence electrons. The van der Waals surface area contributed by atoms with Gasteiger partial charge in [-0.3, -0.25) is 0 Å². The molecule has 1 atom stereocenters. The number of rotatable bonds is 8. The molecule has 1 aliphatic heterocycles. The Hall–Kier alpha value is -0.160. The molecule has 0 aromatic heterocycles. The Balaban J connectivity index is 2.15. The minimum absolute atomic E-state index is 0.170. The standard InChI is InChI=1S/C14H30N2O2/c1-12(2)10-16-7-5-13(6-8-16)15-9-14(18-4)11-17-3/h12-15H,5-11H2,1-4H3. The summed E-state index contributed by atoms with van der Waals surface area (Å²) in [4.78, 5) is 2.58. The van der Waals surface area contributed by atoms with Crippen LogP contribution in [0.1, 0.15) is 26.7 Å². The van der Waals surface area contributed by atoms with E-state index >= 15 is 0 Å². The van der Waals surface area contributed by atoms with E-state index in [0.29, 0.717) is 12.6 Å². The Morgan fingerprint density at radius 3 is 2.39 bits per heavy atom. The fourth-order valence-corrected chi connectivity index (χ4v) is 2.53. The zero-order valence-electron chi connectivity index (χ0n) is 12.4. The highest BCUT2D eigenvalue weighted by molar-refractivity contribution is 4.78. The lowest BCUT2D eigenvalue weighted by molar-refractivity contribution is 0.0257. The molecular formula is C14H30N2O2. The maximum Gasteiger partial charge on any atom is 0.0928 e. The number of piperidine rings is 1. The van der Waals surface area contributed by atoms with E-state index in [1.807, 2.05) is 0 Å². The zero-order valence-corrected chi connectivity index (χ0v) is 12.4. The van der Waals surface area contributed by atoms with E-state index in [1.54, 1.807) is 14.2 Å². The van der Waals surface area contributed by atoms with Crippen molar-refractivity contribution in [1.29, 1.82) is 0 Å². The molecule has 0 aromatic rings. The summed E-state index contributed by atoms with van der Waals surface area (Å²) in [6.45, 7) is 9.80. The van der Waals surface area contributed by atoms with Crippen molar-refractivity contribution in [1.82, 2.24) is 10.2 Å². The molecule has 1 rings (SSSR count). The Kier molecular flexibility index (Phi) is 7.82. The summed E-state index contributed by atoms with van der Waals surface area (Å²) in [5, 5.41) is 3.60. The maximum atomic E-state index is 5.36. The molecule has 0 aliphatic carbocycles. The van der Waals surface area contributed by atoms with Gasteiger partial charge in [0.2, 0.25) is 0 Å². The van der Waals surface area contributed by atoms with Crippen molar-refractivity contribution in [3.8, 4) is 0 Å². The quantitative estimate of drug-likeness (QED) is 0.713. The van der Waals surface area contributed by atoms with Crippen molar-refractivity contribution in [2.45, 2.75) is 38.8 Å². The maximum absolute atomic E-state index is 5.36. The molecule has 1 unspecified atom stereocenters. The molecule has 0 saturated carbocycles. The first-order valence-corrected chi connectivity index (χ1v) is 7.13. The number of nitrogens with one attached hydrogen (secondary N) is 1. The summed E-state index contributed by atoms with van der Waals surface area (Å²) in [6.07, 6.45) is 2.66. The Labute approximate surface area is 112 Å². The van der Waals surface area contributed by atoms with Crippen molar-refractivity contribution in [3.63, 3.8) is 0 Å². The van der Waals surface area contributed by atoms with Crippen molar-refractivity contribution in [2.75, 3.05) is 47.0 Å². The largest absolute Gasteiger partial charge is 0.382 e. The second-order valence-electron chi connectivity index (χ2n) is 5.69. The Morgan fingerprint density at radius 2 is 1.89 bits per heavy atom. The molecule has 0 spiro atoms. The van der Waals surface area contributed by atoms with Gasteiger partial charge in [-0.05, 0) is 31.8 Å². The second kappa shape index (κ2) is 8.86. The van der Waals surface area contributed by atoms with Crippen LogP contribution in [0.3, 0.4) is 0 Å². The Morgan fingerprint density at radius 1 is 1.22 bits per heavy atom. The molecule has 0 radical (unpaired) electrons. The van der Waals surface area contributed by atoms with E-state index in [9.17, 15) is 0 Å². The van der Waals surface area contributed by atoms with Crippen molar-refractivity contribution in [2.24, 2.45) is 5.92 Å². The van der Waals surface area contributed by atoms with Gasteiger partial charge >= 0.3 is 0 Å². The van der Waals surface area contributed by atoms with Gasteiger partial charge in [-0.1, -0.05) is 13.8 Å². The molecule has 0 bridgehead atoms. The highest BCUT2D eigenvalue weighted by Crippen LogP contribution is 2.12. The molecule has 18 heavy (non-hydrogen) atoms. The SMILES string of the molecule is COCC(CNC1CCN(CC(C)C)CC1)OC. The van der Waals surface area contributed by atoms with Crippen LogP contribution in [0.25, 0.3) is 0 Å². The molecule has 1 aliphatic rings. The molecule has 0 amide bonds. The lowest BCUT2D eigenvalue weighted by atomic mass is 10.0. The summed E-state index contributed by atoms with van der Waals surface area (Å²) in [6, 6.07) is 0.642. The minimum Gasteiger partial charge on any atom is -0.382 e.